The van der Waals surface area contributed by atoms with Crippen LogP contribution < -0.4 is 15.5 Å². The molecule has 0 bridgehead atoms. The maximum absolute atomic E-state index is 13.6. The fraction of sp³-hybridized carbons (Fsp3) is 0.536. The largest absolute Gasteiger partial charge is 0.374 e. The second-order valence-corrected chi connectivity index (χ2v) is 10.8. The standard InChI is InChI=1S/C28H38N8O/c1-4-10-33-13-15-34(16-14-33)27-22-9-12-35(26-20(2)7-8-24-23(26)17-29-31-24)19-25(22)36(28(37)30-27)18-21-6-5-11-32(21)3/h4,7-8,10,17,21H,5-6,9,11-16,18-19H2,1-3H3,(H,29,31)/t21-/m0/s1. The summed E-state index contributed by atoms with van der Waals surface area (Å²) in [4.78, 5) is 27.9. The van der Waals surface area contributed by atoms with E-state index in [1.54, 1.807) is 0 Å². The molecule has 1 N–H and O–H groups in total. The first-order valence-corrected chi connectivity index (χ1v) is 13.7. The van der Waals surface area contributed by atoms with E-state index in [1.165, 1.54) is 23.2 Å². The van der Waals surface area contributed by atoms with Crippen molar-refractivity contribution in [3.8, 4) is 0 Å². The number of aromatic nitrogens is 4. The van der Waals surface area contributed by atoms with Crippen molar-refractivity contribution >= 4 is 22.4 Å². The summed E-state index contributed by atoms with van der Waals surface area (Å²) in [7, 11) is 2.18. The summed E-state index contributed by atoms with van der Waals surface area (Å²) < 4.78 is 2.00. The highest BCUT2D eigenvalue weighted by Crippen LogP contribution is 2.35. The van der Waals surface area contributed by atoms with Crippen molar-refractivity contribution in [1.82, 2.24) is 29.5 Å². The van der Waals surface area contributed by atoms with Gasteiger partial charge in [-0.1, -0.05) is 12.1 Å². The number of benzene rings is 1. The van der Waals surface area contributed by atoms with Crippen molar-refractivity contribution in [1.29, 1.82) is 0 Å². The molecule has 0 unspecified atom stereocenters. The lowest BCUT2D eigenvalue weighted by Crippen LogP contribution is -2.47. The smallest absolute Gasteiger partial charge is 0.349 e. The average molecular weight is 503 g/mol. The molecular weight excluding hydrogens is 464 g/mol. The monoisotopic (exact) mass is 502 g/mol. The molecule has 3 aromatic rings. The van der Waals surface area contributed by atoms with Crippen molar-refractivity contribution in [3.05, 3.63) is 57.9 Å². The summed E-state index contributed by atoms with van der Waals surface area (Å²) in [6, 6.07) is 4.64. The van der Waals surface area contributed by atoms with Crippen LogP contribution >= 0.6 is 0 Å². The lowest BCUT2D eigenvalue weighted by molar-refractivity contribution is 0.275. The zero-order valence-corrected chi connectivity index (χ0v) is 22.3. The van der Waals surface area contributed by atoms with Crippen molar-refractivity contribution in [2.45, 2.75) is 52.2 Å². The average Bonchev–Trinajstić information content (AvgIpc) is 3.54. The number of piperazine rings is 1. The van der Waals surface area contributed by atoms with Gasteiger partial charge >= 0.3 is 5.69 Å². The van der Waals surface area contributed by atoms with Crippen LogP contribution in [0.1, 0.15) is 36.6 Å². The molecule has 0 amide bonds. The van der Waals surface area contributed by atoms with Crippen LogP contribution in [-0.4, -0.2) is 81.9 Å². The number of likely N-dealkylation sites (N-methyl/N-ethyl adjacent to an activating group) is 1. The zero-order chi connectivity index (χ0) is 25.5. The number of nitrogens with one attached hydrogen (secondary N) is 1. The van der Waals surface area contributed by atoms with Gasteiger partial charge in [-0.2, -0.15) is 10.1 Å². The summed E-state index contributed by atoms with van der Waals surface area (Å²) in [5.74, 6) is 0.911. The van der Waals surface area contributed by atoms with Gasteiger partial charge in [-0.3, -0.25) is 9.67 Å². The zero-order valence-electron chi connectivity index (χ0n) is 22.3. The molecule has 1 atom stereocenters. The van der Waals surface area contributed by atoms with E-state index in [4.69, 9.17) is 4.98 Å². The van der Waals surface area contributed by atoms with Crippen molar-refractivity contribution in [2.24, 2.45) is 0 Å². The van der Waals surface area contributed by atoms with Crippen LogP contribution in [0, 0.1) is 6.92 Å². The molecule has 2 fully saturated rings. The first kappa shape index (κ1) is 24.0. The quantitative estimate of drug-likeness (QED) is 0.575. The Kier molecular flexibility index (Phi) is 6.40. The van der Waals surface area contributed by atoms with Crippen LogP contribution in [0.15, 0.2) is 35.4 Å². The Morgan fingerprint density at radius 3 is 2.70 bits per heavy atom. The first-order chi connectivity index (χ1) is 18.0. The fourth-order valence-electron chi connectivity index (χ4n) is 6.46. The summed E-state index contributed by atoms with van der Waals surface area (Å²) in [5, 5.41) is 8.57. The molecule has 0 saturated carbocycles. The van der Waals surface area contributed by atoms with Gasteiger partial charge in [0, 0.05) is 62.0 Å². The Hall–Kier alpha value is -3.33. The minimum atomic E-state index is -0.106. The van der Waals surface area contributed by atoms with Crippen LogP contribution in [0.25, 0.3) is 10.9 Å². The van der Waals surface area contributed by atoms with Crippen molar-refractivity contribution < 1.29 is 0 Å². The third-order valence-electron chi connectivity index (χ3n) is 8.50. The maximum Gasteiger partial charge on any atom is 0.349 e. The van der Waals surface area contributed by atoms with Gasteiger partial charge in [0.05, 0.1) is 23.9 Å². The molecule has 1 aromatic carbocycles. The predicted molar refractivity (Wildman–Crippen MR) is 148 cm³/mol. The van der Waals surface area contributed by atoms with E-state index in [1.807, 2.05) is 10.8 Å². The van der Waals surface area contributed by atoms with Crippen LogP contribution in [0.5, 0.6) is 0 Å². The molecule has 5 heterocycles. The predicted octanol–water partition coefficient (Wildman–Crippen LogP) is 2.74. The van der Waals surface area contributed by atoms with Gasteiger partial charge in [0.15, 0.2) is 0 Å². The van der Waals surface area contributed by atoms with Gasteiger partial charge in [0.2, 0.25) is 0 Å². The summed E-state index contributed by atoms with van der Waals surface area (Å²) in [5.41, 5.74) is 5.78. The van der Waals surface area contributed by atoms with E-state index in [-0.39, 0.29) is 5.69 Å². The van der Waals surface area contributed by atoms with E-state index in [9.17, 15) is 4.79 Å². The van der Waals surface area contributed by atoms with Gasteiger partial charge in [-0.05, 0) is 64.5 Å². The van der Waals surface area contributed by atoms with Crippen LogP contribution in [0.4, 0.5) is 11.5 Å². The SMILES string of the molecule is CC=CN1CCN(c2nc(=O)n(C[C@@H]3CCCN3C)c3c2CCN(c2c(C)ccc4[nH]ncc24)C3)CC1. The second-order valence-electron chi connectivity index (χ2n) is 10.8. The summed E-state index contributed by atoms with van der Waals surface area (Å²) >= 11 is 0. The topological polar surface area (TPSA) is 76.5 Å². The van der Waals surface area contributed by atoms with E-state index < -0.39 is 0 Å². The van der Waals surface area contributed by atoms with Crippen LogP contribution in [0.3, 0.4) is 0 Å². The van der Waals surface area contributed by atoms with E-state index in [0.717, 1.165) is 74.5 Å². The highest BCUT2D eigenvalue weighted by molar-refractivity contribution is 5.93. The van der Waals surface area contributed by atoms with Gasteiger partial charge in [0.1, 0.15) is 5.82 Å². The van der Waals surface area contributed by atoms with Gasteiger partial charge < -0.3 is 19.6 Å². The Bertz CT molecular complexity index is 1370. The Labute approximate surface area is 218 Å². The number of hydrogen-bond donors (Lipinski definition) is 1. The van der Waals surface area contributed by atoms with Gasteiger partial charge in [-0.15, -0.1) is 0 Å². The summed E-state index contributed by atoms with van der Waals surface area (Å²) in [6.45, 7) is 11.3. The highest BCUT2D eigenvalue weighted by Gasteiger charge is 2.31. The Morgan fingerprint density at radius 2 is 1.95 bits per heavy atom. The number of nitrogens with zero attached hydrogens (tertiary/aromatic N) is 7. The Balaban J connectivity index is 1.40. The lowest BCUT2D eigenvalue weighted by Gasteiger charge is -2.39. The van der Waals surface area contributed by atoms with E-state index in [2.05, 4.69) is 75.1 Å². The van der Waals surface area contributed by atoms with Gasteiger partial charge in [-0.25, -0.2) is 4.79 Å². The number of anilines is 2. The number of H-pyrrole nitrogens is 1. The van der Waals surface area contributed by atoms with E-state index in [0.29, 0.717) is 19.1 Å². The molecule has 9 heteroatoms. The molecule has 3 aliphatic heterocycles. The molecule has 2 saturated heterocycles. The number of rotatable bonds is 5. The molecule has 0 spiro atoms. The minimum absolute atomic E-state index is 0.106. The summed E-state index contributed by atoms with van der Waals surface area (Å²) in [6.07, 6.45) is 9.37. The molecular formula is C28H38N8O. The molecule has 9 nitrogen and oxygen atoms in total. The second kappa shape index (κ2) is 9.85. The number of aryl methyl sites for hydroxylation is 1. The molecule has 37 heavy (non-hydrogen) atoms. The molecule has 196 valence electrons. The van der Waals surface area contributed by atoms with Crippen LogP contribution in [0.2, 0.25) is 0 Å². The number of fused-ring (bicyclic) bond motifs is 2. The molecule has 0 radical (unpaired) electrons. The number of allylic oxidation sites excluding steroid dienone is 1. The lowest BCUT2D eigenvalue weighted by atomic mass is 10.0. The molecule has 6 rings (SSSR count). The fourth-order valence-corrected chi connectivity index (χ4v) is 6.46. The Morgan fingerprint density at radius 1 is 1.11 bits per heavy atom. The molecule has 3 aliphatic rings. The maximum atomic E-state index is 13.6. The molecule has 0 aliphatic carbocycles. The molecule has 2 aromatic heterocycles. The number of likely N-dealkylation sites (tertiary alicyclic amines) is 1. The third kappa shape index (κ3) is 4.39. The highest BCUT2D eigenvalue weighted by atomic mass is 16.1. The number of aromatic amines is 1. The first-order valence-electron chi connectivity index (χ1n) is 13.7. The van der Waals surface area contributed by atoms with Gasteiger partial charge in [0.25, 0.3) is 0 Å². The van der Waals surface area contributed by atoms with Crippen molar-refractivity contribution in [3.63, 3.8) is 0 Å². The normalized spacial score (nSPS) is 20.9. The third-order valence-corrected chi connectivity index (χ3v) is 8.50. The van der Waals surface area contributed by atoms with Crippen LogP contribution in [-0.2, 0) is 19.5 Å². The van der Waals surface area contributed by atoms with E-state index >= 15 is 0 Å². The van der Waals surface area contributed by atoms with Crippen molar-refractivity contribution in [2.75, 3.05) is 56.1 Å². The minimum Gasteiger partial charge on any atom is -0.374 e. The number of hydrogen-bond acceptors (Lipinski definition) is 7.